The van der Waals surface area contributed by atoms with Crippen molar-refractivity contribution in [1.29, 1.82) is 0 Å². The Kier molecular flexibility index (Phi) is 6.19. The highest BCUT2D eigenvalue weighted by Crippen LogP contribution is 2.44. The van der Waals surface area contributed by atoms with Crippen LogP contribution in [-0.4, -0.2) is 9.97 Å². The van der Waals surface area contributed by atoms with E-state index in [9.17, 15) is 0 Å². The first-order chi connectivity index (χ1) is 21.2. The second-order valence-electron chi connectivity index (χ2n) is 11.4. The zero-order valence-electron chi connectivity index (χ0n) is 24.1. The van der Waals surface area contributed by atoms with Crippen LogP contribution in [0.15, 0.2) is 134 Å². The Bertz CT molecular complexity index is 2130. The lowest BCUT2D eigenvalue weighted by atomic mass is 9.81. The molecule has 1 aliphatic rings. The molecule has 0 bridgehead atoms. The van der Waals surface area contributed by atoms with Crippen LogP contribution in [0, 0.1) is 6.92 Å². The van der Waals surface area contributed by atoms with E-state index in [2.05, 4.69) is 127 Å². The second-order valence-corrected chi connectivity index (χ2v) is 11.4. The number of hydrogen-bond acceptors (Lipinski definition) is 2. The molecular weight excluding hydrogens is 520 g/mol. The first kappa shape index (κ1) is 25.4. The largest absolute Gasteiger partial charge is 0.264 e. The number of benzene rings is 5. The lowest BCUT2D eigenvalue weighted by Crippen LogP contribution is -2.01. The van der Waals surface area contributed by atoms with Crippen molar-refractivity contribution < 1.29 is 0 Å². The average molecular weight is 551 g/mol. The highest BCUT2D eigenvalue weighted by Gasteiger charge is 2.20. The second kappa shape index (κ2) is 10.5. The summed E-state index contributed by atoms with van der Waals surface area (Å²) in [7, 11) is 0. The van der Waals surface area contributed by atoms with Gasteiger partial charge in [-0.05, 0) is 104 Å². The maximum absolute atomic E-state index is 4.82. The maximum Gasteiger partial charge on any atom is 0.0720 e. The van der Waals surface area contributed by atoms with Gasteiger partial charge in [0.25, 0.3) is 0 Å². The van der Waals surface area contributed by atoms with Gasteiger partial charge in [-0.2, -0.15) is 0 Å². The molecule has 7 aromatic rings. The van der Waals surface area contributed by atoms with Gasteiger partial charge in [0.05, 0.1) is 5.69 Å². The summed E-state index contributed by atoms with van der Waals surface area (Å²) in [5, 5.41) is 5.19. The molecule has 204 valence electrons. The Labute approximate surface area is 252 Å². The Morgan fingerprint density at radius 3 is 1.98 bits per heavy atom. The van der Waals surface area contributed by atoms with Crippen LogP contribution in [0.3, 0.4) is 0 Å². The van der Waals surface area contributed by atoms with Gasteiger partial charge in [-0.15, -0.1) is 0 Å². The molecule has 0 amide bonds. The van der Waals surface area contributed by atoms with E-state index in [0.29, 0.717) is 0 Å². The smallest absolute Gasteiger partial charge is 0.0720 e. The number of hydrogen-bond donors (Lipinski definition) is 0. The summed E-state index contributed by atoms with van der Waals surface area (Å²) in [5.41, 5.74) is 13.5. The number of allylic oxidation sites excluding steroid dienone is 1. The van der Waals surface area contributed by atoms with Crippen molar-refractivity contribution in [3.05, 3.63) is 156 Å². The summed E-state index contributed by atoms with van der Waals surface area (Å²) < 4.78 is 0. The lowest BCUT2D eigenvalue weighted by Gasteiger charge is -2.22. The molecule has 0 atom stereocenters. The first-order valence-corrected chi connectivity index (χ1v) is 14.9. The molecule has 0 radical (unpaired) electrons. The molecule has 2 heteroatoms. The third-order valence-electron chi connectivity index (χ3n) is 8.86. The number of aryl methyl sites for hydroxylation is 2. The van der Waals surface area contributed by atoms with Crippen molar-refractivity contribution in [1.82, 2.24) is 9.97 Å². The summed E-state index contributed by atoms with van der Waals surface area (Å²) >= 11 is 0. The van der Waals surface area contributed by atoms with Gasteiger partial charge < -0.3 is 0 Å². The van der Waals surface area contributed by atoms with Gasteiger partial charge in [0.2, 0.25) is 0 Å². The van der Waals surface area contributed by atoms with E-state index in [0.717, 1.165) is 35.2 Å². The van der Waals surface area contributed by atoms with E-state index >= 15 is 0 Å². The molecule has 0 saturated heterocycles. The van der Waals surface area contributed by atoms with Crippen LogP contribution in [0.1, 0.15) is 28.7 Å². The van der Waals surface area contributed by atoms with Crippen LogP contribution < -0.4 is 0 Å². The zero-order chi connectivity index (χ0) is 28.8. The molecule has 0 spiro atoms. The first-order valence-electron chi connectivity index (χ1n) is 14.9. The van der Waals surface area contributed by atoms with Crippen LogP contribution in [0.2, 0.25) is 0 Å². The zero-order valence-corrected chi connectivity index (χ0v) is 24.1. The number of fused-ring (bicyclic) bond motifs is 3. The topological polar surface area (TPSA) is 25.8 Å². The number of rotatable bonds is 4. The summed E-state index contributed by atoms with van der Waals surface area (Å²) in [4.78, 5) is 9.12. The van der Waals surface area contributed by atoms with Crippen molar-refractivity contribution in [2.24, 2.45) is 0 Å². The minimum atomic E-state index is 0.942. The van der Waals surface area contributed by atoms with Crippen molar-refractivity contribution in [2.45, 2.75) is 19.8 Å². The van der Waals surface area contributed by atoms with Crippen LogP contribution in [0.25, 0.3) is 66.7 Å². The van der Waals surface area contributed by atoms with Gasteiger partial charge in [0.15, 0.2) is 0 Å². The van der Waals surface area contributed by atoms with Crippen molar-refractivity contribution in [3.63, 3.8) is 0 Å². The quantitative estimate of drug-likeness (QED) is 0.204. The summed E-state index contributed by atoms with van der Waals surface area (Å²) in [6, 6.07) is 41.9. The van der Waals surface area contributed by atoms with E-state index in [1.807, 2.05) is 24.7 Å². The molecule has 2 heterocycles. The van der Waals surface area contributed by atoms with Gasteiger partial charge >= 0.3 is 0 Å². The van der Waals surface area contributed by atoms with E-state index in [-0.39, 0.29) is 0 Å². The van der Waals surface area contributed by atoms with Crippen molar-refractivity contribution in [3.8, 4) is 33.5 Å². The third-order valence-corrected chi connectivity index (χ3v) is 8.86. The Hall–Kier alpha value is -5.34. The Morgan fingerprint density at radius 1 is 0.558 bits per heavy atom. The predicted octanol–water partition coefficient (Wildman–Crippen LogP) is 10.6. The summed E-state index contributed by atoms with van der Waals surface area (Å²) in [5.74, 6) is 0. The van der Waals surface area contributed by atoms with E-state index < -0.39 is 0 Å². The van der Waals surface area contributed by atoms with E-state index in [1.54, 1.807) is 0 Å². The van der Waals surface area contributed by atoms with Gasteiger partial charge in [-0.3, -0.25) is 9.97 Å². The molecule has 0 unspecified atom stereocenters. The minimum Gasteiger partial charge on any atom is -0.264 e. The standard InChI is InChI=1S/C41H30N2/c1-27-21-22-42-26-38(27)39-20-19-33(25-43-39)30-11-8-12-31(24-30)40-34-13-4-6-15-36(34)41(37-16-7-5-14-35(37)40)32-18-17-28-9-2-3-10-29(28)23-32/h2-16,19-26H,17-18H2,1H3. The molecule has 8 rings (SSSR count). The van der Waals surface area contributed by atoms with E-state index in [4.69, 9.17) is 4.98 Å². The molecular formula is C41H30N2. The number of nitrogens with zero attached hydrogens (tertiary/aromatic N) is 2. The van der Waals surface area contributed by atoms with Gasteiger partial charge in [0, 0.05) is 29.7 Å². The molecule has 0 N–H and O–H groups in total. The van der Waals surface area contributed by atoms with Gasteiger partial charge in [-0.1, -0.05) is 103 Å². The minimum absolute atomic E-state index is 0.942. The SMILES string of the molecule is Cc1ccncc1-c1ccc(-c2cccc(-c3c4ccccc4c(C4=Cc5ccccc5CC4)c4ccccc34)c2)cn1. The monoisotopic (exact) mass is 550 g/mol. The Balaban J connectivity index is 1.29. The van der Waals surface area contributed by atoms with Gasteiger partial charge in [-0.25, -0.2) is 0 Å². The summed E-state index contributed by atoms with van der Waals surface area (Å²) in [6.45, 7) is 2.10. The van der Waals surface area contributed by atoms with E-state index in [1.165, 1.54) is 60.5 Å². The van der Waals surface area contributed by atoms with Crippen LogP contribution in [0.5, 0.6) is 0 Å². The number of pyridine rings is 2. The molecule has 0 fully saturated rings. The lowest BCUT2D eigenvalue weighted by molar-refractivity contribution is 1.00. The van der Waals surface area contributed by atoms with Crippen LogP contribution in [0.4, 0.5) is 0 Å². The number of aromatic nitrogens is 2. The summed E-state index contributed by atoms with van der Waals surface area (Å²) in [6.07, 6.45) is 10.2. The molecule has 0 aliphatic heterocycles. The molecule has 43 heavy (non-hydrogen) atoms. The highest BCUT2D eigenvalue weighted by atomic mass is 14.7. The fourth-order valence-corrected chi connectivity index (χ4v) is 6.72. The Morgan fingerprint density at radius 2 is 1.26 bits per heavy atom. The van der Waals surface area contributed by atoms with Crippen LogP contribution >= 0.6 is 0 Å². The normalized spacial score (nSPS) is 12.7. The molecule has 0 saturated carbocycles. The third kappa shape index (κ3) is 4.43. The predicted molar refractivity (Wildman–Crippen MR) is 181 cm³/mol. The molecule has 1 aliphatic carbocycles. The maximum atomic E-state index is 4.82. The fraction of sp³-hybridized carbons (Fsp3) is 0.0732. The molecule has 2 nitrogen and oxygen atoms in total. The molecule has 2 aromatic heterocycles. The van der Waals surface area contributed by atoms with Crippen LogP contribution in [-0.2, 0) is 6.42 Å². The fourth-order valence-electron chi connectivity index (χ4n) is 6.72. The van der Waals surface area contributed by atoms with Gasteiger partial charge in [0.1, 0.15) is 0 Å². The van der Waals surface area contributed by atoms with Crippen molar-refractivity contribution >= 4 is 33.2 Å². The highest BCUT2D eigenvalue weighted by molar-refractivity contribution is 6.20. The average Bonchev–Trinajstić information content (AvgIpc) is 3.07. The van der Waals surface area contributed by atoms with Crippen molar-refractivity contribution in [2.75, 3.05) is 0 Å². The molecule has 5 aromatic carbocycles.